The SMILES string of the molecule is c1ccc(-c2ccc(-c3cc(-c4nccc5c4c4ccccc4n5-c4ccccc4)ccc3-c3ccccc3-c3cc(CCc4ccc(-c5ccccn5)cc4)cc(CCc4ccc(-c5ccccn5)cc4)c3)cc2)cc1. The Bertz CT molecular complexity index is 4050. The predicted molar refractivity (Wildman–Crippen MR) is 320 cm³/mol. The fraction of sp³-hybridized carbons (Fsp3) is 0.0548. The second kappa shape index (κ2) is 21.2. The highest BCUT2D eigenvalue weighted by atomic mass is 15.0. The predicted octanol–water partition coefficient (Wildman–Crippen LogP) is 18.2. The molecule has 0 amide bonds. The number of hydrogen-bond donors (Lipinski definition) is 0. The number of pyridine rings is 3. The molecule has 13 rings (SSSR count). The fourth-order valence-electron chi connectivity index (χ4n) is 11.1. The van der Waals surface area contributed by atoms with Gasteiger partial charge in [0.15, 0.2) is 0 Å². The normalized spacial score (nSPS) is 11.3. The quantitative estimate of drug-likeness (QED) is 0.109. The number of aromatic nitrogens is 4. The van der Waals surface area contributed by atoms with Crippen molar-refractivity contribution in [2.24, 2.45) is 0 Å². The van der Waals surface area contributed by atoms with Crippen LogP contribution in [0.3, 0.4) is 0 Å². The molecule has 0 unspecified atom stereocenters. The van der Waals surface area contributed by atoms with Crippen molar-refractivity contribution in [3.05, 3.63) is 302 Å². The number of hydrogen-bond acceptors (Lipinski definition) is 3. The van der Waals surface area contributed by atoms with Crippen molar-refractivity contribution in [1.82, 2.24) is 19.5 Å². The minimum absolute atomic E-state index is 0.914. The van der Waals surface area contributed by atoms with Gasteiger partial charge in [-0.05, 0) is 147 Å². The Balaban J connectivity index is 0.913. The summed E-state index contributed by atoms with van der Waals surface area (Å²) in [6.07, 6.45) is 9.36. The highest BCUT2D eigenvalue weighted by molar-refractivity contribution is 6.15. The third kappa shape index (κ3) is 9.77. The van der Waals surface area contributed by atoms with Crippen LogP contribution in [0.2, 0.25) is 0 Å². The maximum absolute atomic E-state index is 5.21. The van der Waals surface area contributed by atoms with Crippen molar-refractivity contribution in [2.75, 3.05) is 0 Å². The highest BCUT2D eigenvalue weighted by Gasteiger charge is 2.20. The minimum Gasteiger partial charge on any atom is -0.309 e. The monoisotopic (exact) mass is 986 g/mol. The lowest BCUT2D eigenvalue weighted by molar-refractivity contribution is 0.931. The first kappa shape index (κ1) is 47.0. The summed E-state index contributed by atoms with van der Waals surface area (Å²) in [7, 11) is 0. The second-order valence-corrected chi connectivity index (χ2v) is 19.9. The van der Waals surface area contributed by atoms with E-state index in [4.69, 9.17) is 4.98 Å². The zero-order valence-electron chi connectivity index (χ0n) is 42.7. The first-order valence-corrected chi connectivity index (χ1v) is 26.6. The van der Waals surface area contributed by atoms with Crippen LogP contribution in [0.1, 0.15) is 22.3 Å². The molecule has 0 bridgehead atoms. The van der Waals surface area contributed by atoms with Crippen LogP contribution < -0.4 is 0 Å². The summed E-state index contributed by atoms with van der Waals surface area (Å²) in [6.45, 7) is 0. The van der Waals surface area contributed by atoms with Gasteiger partial charge in [0.05, 0.1) is 28.1 Å². The van der Waals surface area contributed by atoms with Crippen LogP contribution in [0.25, 0.3) is 106 Å². The average molecular weight is 987 g/mol. The van der Waals surface area contributed by atoms with Gasteiger partial charge in [0.2, 0.25) is 0 Å². The van der Waals surface area contributed by atoms with Crippen LogP contribution in [0.4, 0.5) is 0 Å². The molecule has 4 heterocycles. The van der Waals surface area contributed by atoms with Crippen LogP contribution in [0.15, 0.2) is 279 Å². The molecular formula is C73H54N4. The topological polar surface area (TPSA) is 43.6 Å². The van der Waals surface area contributed by atoms with Crippen molar-refractivity contribution in [3.8, 4) is 84.0 Å². The standard InChI is InChI=1S/C73H54N4/c1-3-15-55(16-4-1)56-37-39-57(40-38-56)67-50-60(73-72-66-21-9-10-24-70(66)77(71(72)43-46-76-73)62-17-5-2-6-18-62)41-42-65(67)64-20-8-7-19-63(64)61-48-53(27-25-51-29-33-58(34-30-51)68-22-11-13-44-74-68)47-54(49-61)28-26-52-31-35-59(36-32-52)69-23-12-14-45-75-69/h1-24,29-50H,25-28H2. The van der Waals surface area contributed by atoms with Gasteiger partial charge in [-0.1, -0.05) is 206 Å². The van der Waals surface area contributed by atoms with Gasteiger partial charge in [0.1, 0.15) is 0 Å². The number of fused-ring (bicyclic) bond motifs is 3. The second-order valence-electron chi connectivity index (χ2n) is 19.9. The Morgan fingerprint density at radius 2 is 0.779 bits per heavy atom. The zero-order valence-corrected chi connectivity index (χ0v) is 42.7. The van der Waals surface area contributed by atoms with E-state index >= 15 is 0 Å². The molecule has 0 saturated carbocycles. The van der Waals surface area contributed by atoms with Gasteiger partial charge < -0.3 is 4.57 Å². The molecule has 366 valence electrons. The lowest BCUT2D eigenvalue weighted by atomic mass is 9.86. The molecule has 13 aromatic rings. The molecule has 0 radical (unpaired) electrons. The van der Waals surface area contributed by atoms with Crippen molar-refractivity contribution in [1.29, 1.82) is 0 Å². The molecule has 0 spiro atoms. The molecule has 9 aromatic carbocycles. The van der Waals surface area contributed by atoms with Crippen molar-refractivity contribution >= 4 is 21.8 Å². The molecule has 4 nitrogen and oxygen atoms in total. The summed E-state index contributed by atoms with van der Waals surface area (Å²) in [5.74, 6) is 0. The van der Waals surface area contributed by atoms with Crippen molar-refractivity contribution < 1.29 is 0 Å². The van der Waals surface area contributed by atoms with Gasteiger partial charge in [-0.2, -0.15) is 0 Å². The van der Waals surface area contributed by atoms with E-state index in [2.05, 4.69) is 251 Å². The van der Waals surface area contributed by atoms with E-state index in [9.17, 15) is 0 Å². The number of para-hydroxylation sites is 2. The molecule has 0 aliphatic heterocycles. The Morgan fingerprint density at radius 1 is 0.273 bits per heavy atom. The third-order valence-corrected chi connectivity index (χ3v) is 15.0. The smallest absolute Gasteiger partial charge is 0.0802 e. The first-order chi connectivity index (χ1) is 38.2. The van der Waals surface area contributed by atoms with Crippen LogP contribution in [-0.4, -0.2) is 19.5 Å². The van der Waals surface area contributed by atoms with Crippen molar-refractivity contribution in [2.45, 2.75) is 25.7 Å². The maximum atomic E-state index is 5.21. The van der Waals surface area contributed by atoms with Crippen LogP contribution in [0, 0.1) is 0 Å². The number of nitrogens with zero attached hydrogens (tertiary/aromatic N) is 4. The summed E-state index contributed by atoms with van der Waals surface area (Å²) < 4.78 is 2.37. The number of rotatable bonds is 14. The van der Waals surface area contributed by atoms with E-state index in [1.165, 1.54) is 61.0 Å². The first-order valence-electron chi connectivity index (χ1n) is 26.6. The van der Waals surface area contributed by atoms with Gasteiger partial charge >= 0.3 is 0 Å². The maximum Gasteiger partial charge on any atom is 0.0802 e. The van der Waals surface area contributed by atoms with E-state index in [-0.39, 0.29) is 0 Å². The van der Waals surface area contributed by atoms with E-state index < -0.39 is 0 Å². The highest BCUT2D eigenvalue weighted by Crippen LogP contribution is 2.44. The summed E-state index contributed by atoms with van der Waals surface area (Å²) in [4.78, 5) is 14.4. The van der Waals surface area contributed by atoms with E-state index in [1.807, 2.05) is 42.9 Å². The summed E-state index contributed by atoms with van der Waals surface area (Å²) in [5, 5.41) is 2.32. The van der Waals surface area contributed by atoms with Crippen LogP contribution in [-0.2, 0) is 25.7 Å². The van der Waals surface area contributed by atoms with E-state index in [1.54, 1.807) is 0 Å². The molecule has 0 saturated heterocycles. The average Bonchev–Trinajstić information content (AvgIpc) is 3.99. The zero-order chi connectivity index (χ0) is 51.3. The molecule has 77 heavy (non-hydrogen) atoms. The lowest BCUT2D eigenvalue weighted by Crippen LogP contribution is -1.98. The molecule has 0 N–H and O–H groups in total. The van der Waals surface area contributed by atoms with Gasteiger partial charge in [-0.3, -0.25) is 15.0 Å². The van der Waals surface area contributed by atoms with Gasteiger partial charge in [-0.15, -0.1) is 0 Å². The summed E-state index contributed by atoms with van der Waals surface area (Å²) in [5.41, 5.74) is 24.4. The minimum atomic E-state index is 0.914. The summed E-state index contributed by atoms with van der Waals surface area (Å²) in [6, 6.07) is 94.5. The van der Waals surface area contributed by atoms with Gasteiger partial charge in [0, 0.05) is 51.7 Å². The van der Waals surface area contributed by atoms with Crippen molar-refractivity contribution in [3.63, 3.8) is 0 Å². The summed E-state index contributed by atoms with van der Waals surface area (Å²) >= 11 is 0. The van der Waals surface area contributed by atoms with E-state index in [0.29, 0.717) is 0 Å². The third-order valence-electron chi connectivity index (χ3n) is 15.0. The fourth-order valence-corrected chi connectivity index (χ4v) is 11.1. The largest absolute Gasteiger partial charge is 0.309 e. The molecule has 0 atom stereocenters. The Hall–Kier alpha value is -9.77. The Morgan fingerprint density at radius 3 is 1.42 bits per heavy atom. The molecule has 0 aliphatic carbocycles. The molecule has 0 fully saturated rings. The van der Waals surface area contributed by atoms with Crippen LogP contribution in [0.5, 0.6) is 0 Å². The Kier molecular flexibility index (Phi) is 12.9. The molecule has 0 aliphatic rings. The molecule has 4 aromatic heterocycles. The lowest BCUT2D eigenvalue weighted by Gasteiger charge is -2.18. The van der Waals surface area contributed by atoms with Gasteiger partial charge in [0.25, 0.3) is 0 Å². The number of benzene rings is 9. The van der Waals surface area contributed by atoms with Gasteiger partial charge in [-0.25, -0.2) is 0 Å². The molecular weight excluding hydrogens is 933 g/mol. The van der Waals surface area contributed by atoms with Crippen LogP contribution >= 0.6 is 0 Å². The van der Waals surface area contributed by atoms with E-state index in [0.717, 1.165) is 92.7 Å². The Labute approximate surface area is 450 Å². The molecule has 4 heteroatoms. The number of aryl methyl sites for hydroxylation is 4.